The van der Waals surface area contributed by atoms with E-state index in [1.54, 1.807) is 6.20 Å². The Morgan fingerprint density at radius 2 is 2.20 bits per heavy atom. The third kappa shape index (κ3) is 3.46. The standard InChI is InChI=1S/C15H24N4O/c1-5-19(10(2)3)15(20)18-13(12-6-7-12)14-16-9-8-11(4)17-14/h8-10,12-13H,5-7H2,1-4H3,(H,18,20). The van der Waals surface area contributed by atoms with Crippen molar-refractivity contribution in [3.63, 3.8) is 0 Å². The van der Waals surface area contributed by atoms with Gasteiger partial charge in [0.2, 0.25) is 0 Å². The van der Waals surface area contributed by atoms with Crippen LogP contribution in [0.15, 0.2) is 12.3 Å². The predicted octanol–water partition coefficient (Wildman–Crippen LogP) is 2.68. The van der Waals surface area contributed by atoms with Gasteiger partial charge >= 0.3 is 6.03 Å². The minimum absolute atomic E-state index is 0.0236. The van der Waals surface area contributed by atoms with E-state index in [1.807, 2.05) is 38.7 Å². The van der Waals surface area contributed by atoms with E-state index < -0.39 is 0 Å². The van der Waals surface area contributed by atoms with Gasteiger partial charge in [-0.25, -0.2) is 14.8 Å². The highest BCUT2D eigenvalue weighted by atomic mass is 16.2. The van der Waals surface area contributed by atoms with Crippen molar-refractivity contribution in [1.29, 1.82) is 0 Å². The highest BCUT2D eigenvalue weighted by Crippen LogP contribution is 2.40. The Morgan fingerprint density at radius 1 is 1.50 bits per heavy atom. The maximum atomic E-state index is 12.4. The third-order valence-corrected chi connectivity index (χ3v) is 3.69. The summed E-state index contributed by atoms with van der Waals surface area (Å²) in [7, 11) is 0. The molecule has 1 aromatic rings. The molecule has 1 fully saturated rings. The summed E-state index contributed by atoms with van der Waals surface area (Å²) < 4.78 is 0. The lowest BCUT2D eigenvalue weighted by Gasteiger charge is -2.28. The number of urea groups is 1. The lowest BCUT2D eigenvalue weighted by Crippen LogP contribution is -2.45. The number of amides is 2. The topological polar surface area (TPSA) is 58.1 Å². The number of carbonyl (C=O) groups excluding carboxylic acids is 1. The molecule has 2 amide bonds. The number of nitrogens with zero attached hydrogens (tertiary/aromatic N) is 3. The van der Waals surface area contributed by atoms with Gasteiger partial charge in [-0.3, -0.25) is 0 Å². The molecule has 0 aliphatic heterocycles. The molecule has 0 radical (unpaired) electrons. The smallest absolute Gasteiger partial charge is 0.318 e. The van der Waals surface area contributed by atoms with Crippen molar-refractivity contribution in [2.24, 2.45) is 5.92 Å². The van der Waals surface area contributed by atoms with Gasteiger partial charge in [0.25, 0.3) is 0 Å². The van der Waals surface area contributed by atoms with Crippen molar-refractivity contribution < 1.29 is 4.79 Å². The SMILES string of the molecule is CCN(C(=O)NC(c1nccc(C)n1)C1CC1)C(C)C. The van der Waals surface area contributed by atoms with Crippen LogP contribution in [0.2, 0.25) is 0 Å². The van der Waals surface area contributed by atoms with Gasteiger partial charge in [0.15, 0.2) is 5.82 Å². The first-order valence-electron chi connectivity index (χ1n) is 7.39. The van der Waals surface area contributed by atoms with Gasteiger partial charge in [0.1, 0.15) is 0 Å². The van der Waals surface area contributed by atoms with Gasteiger partial charge in [-0.05, 0) is 52.5 Å². The van der Waals surface area contributed by atoms with E-state index >= 15 is 0 Å². The van der Waals surface area contributed by atoms with Crippen molar-refractivity contribution >= 4 is 6.03 Å². The first-order chi connectivity index (χ1) is 9.52. The van der Waals surface area contributed by atoms with Crippen LogP contribution in [0.5, 0.6) is 0 Å². The number of aromatic nitrogens is 2. The zero-order chi connectivity index (χ0) is 14.7. The van der Waals surface area contributed by atoms with E-state index in [1.165, 1.54) is 0 Å². The maximum Gasteiger partial charge on any atom is 0.318 e. The molecular formula is C15H24N4O. The molecule has 110 valence electrons. The summed E-state index contributed by atoms with van der Waals surface area (Å²) in [6, 6.07) is 1.99. The van der Waals surface area contributed by atoms with E-state index in [-0.39, 0.29) is 18.1 Å². The molecule has 2 rings (SSSR count). The Labute approximate surface area is 120 Å². The molecule has 1 aliphatic carbocycles. The van der Waals surface area contributed by atoms with Crippen molar-refractivity contribution in [1.82, 2.24) is 20.2 Å². The van der Waals surface area contributed by atoms with Gasteiger partial charge in [0, 0.05) is 24.5 Å². The average molecular weight is 276 g/mol. The third-order valence-electron chi connectivity index (χ3n) is 3.69. The lowest BCUT2D eigenvalue weighted by atomic mass is 10.1. The zero-order valence-corrected chi connectivity index (χ0v) is 12.8. The highest BCUT2D eigenvalue weighted by Gasteiger charge is 2.36. The van der Waals surface area contributed by atoms with Crippen molar-refractivity contribution in [2.45, 2.75) is 52.6 Å². The summed E-state index contributed by atoms with van der Waals surface area (Å²) in [5.74, 6) is 1.22. The molecule has 1 heterocycles. The van der Waals surface area contributed by atoms with Gasteiger partial charge < -0.3 is 10.2 Å². The molecule has 1 aliphatic rings. The summed E-state index contributed by atoms with van der Waals surface area (Å²) >= 11 is 0. The van der Waals surface area contributed by atoms with Crippen LogP contribution in [0.1, 0.15) is 51.2 Å². The largest absolute Gasteiger partial charge is 0.328 e. The Morgan fingerprint density at radius 3 is 2.70 bits per heavy atom. The second kappa shape index (κ2) is 6.20. The summed E-state index contributed by atoms with van der Waals surface area (Å²) in [5.41, 5.74) is 0.936. The number of carbonyl (C=O) groups is 1. The summed E-state index contributed by atoms with van der Waals surface area (Å²) in [4.78, 5) is 23.0. The van der Waals surface area contributed by atoms with Gasteiger partial charge in [0.05, 0.1) is 6.04 Å². The second-order valence-electron chi connectivity index (χ2n) is 5.70. The molecule has 1 unspecified atom stereocenters. The van der Waals surface area contributed by atoms with Crippen LogP contribution < -0.4 is 5.32 Å². The molecule has 0 bridgehead atoms. The summed E-state index contributed by atoms with van der Waals surface area (Å²) in [5, 5.41) is 3.12. The van der Waals surface area contributed by atoms with Gasteiger partial charge in [-0.1, -0.05) is 0 Å². The molecule has 0 aromatic carbocycles. The van der Waals surface area contributed by atoms with Crippen LogP contribution in [0, 0.1) is 12.8 Å². The molecule has 5 heteroatoms. The fraction of sp³-hybridized carbons (Fsp3) is 0.667. The number of rotatable bonds is 5. The van der Waals surface area contributed by atoms with Gasteiger partial charge in [-0.2, -0.15) is 0 Å². The number of hydrogen-bond acceptors (Lipinski definition) is 3. The number of hydrogen-bond donors (Lipinski definition) is 1. The Hall–Kier alpha value is -1.65. The molecule has 5 nitrogen and oxygen atoms in total. The average Bonchev–Trinajstić information content (AvgIpc) is 3.20. The zero-order valence-electron chi connectivity index (χ0n) is 12.8. The van der Waals surface area contributed by atoms with E-state index in [0.717, 1.165) is 24.4 Å². The monoisotopic (exact) mass is 276 g/mol. The molecule has 1 saturated carbocycles. The number of aryl methyl sites for hydroxylation is 1. The van der Waals surface area contributed by atoms with Crippen LogP contribution in [0.4, 0.5) is 4.79 Å². The van der Waals surface area contributed by atoms with Crippen LogP contribution >= 0.6 is 0 Å². The Kier molecular flexibility index (Phi) is 4.57. The highest BCUT2D eigenvalue weighted by molar-refractivity contribution is 5.75. The first kappa shape index (κ1) is 14.8. The normalized spacial score (nSPS) is 16.1. The molecule has 1 atom stereocenters. The van der Waals surface area contributed by atoms with Crippen molar-refractivity contribution in [2.75, 3.05) is 6.54 Å². The Bertz CT molecular complexity index is 471. The quantitative estimate of drug-likeness (QED) is 0.899. The first-order valence-corrected chi connectivity index (χ1v) is 7.39. The predicted molar refractivity (Wildman–Crippen MR) is 78.3 cm³/mol. The van der Waals surface area contributed by atoms with Crippen LogP contribution in [-0.4, -0.2) is 33.5 Å². The Balaban J connectivity index is 2.12. The molecule has 0 spiro atoms. The molecule has 0 saturated heterocycles. The van der Waals surface area contributed by atoms with Crippen LogP contribution in [0.3, 0.4) is 0 Å². The van der Waals surface area contributed by atoms with Crippen LogP contribution in [-0.2, 0) is 0 Å². The minimum Gasteiger partial charge on any atom is -0.328 e. The second-order valence-corrected chi connectivity index (χ2v) is 5.70. The molecular weight excluding hydrogens is 252 g/mol. The summed E-state index contributed by atoms with van der Waals surface area (Å²) in [6.07, 6.45) is 4.03. The van der Waals surface area contributed by atoms with E-state index in [4.69, 9.17) is 0 Å². The molecule has 1 N–H and O–H groups in total. The van der Waals surface area contributed by atoms with Crippen molar-refractivity contribution in [3.8, 4) is 0 Å². The van der Waals surface area contributed by atoms with Crippen LogP contribution in [0.25, 0.3) is 0 Å². The molecule has 20 heavy (non-hydrogen) atoms. The van der Waals surface area contributed by atoms with E-state index in [2.05, 4.69) is 15.3 Å². The van der Waals surface area contributed by atoms with E-state index in [9.17, 15) is 4.79 Å². The summed E-state index contributed by atoms with van der Waals surface area (Å²) in [6.45, 7) is 8.70. The maximum absolute atomic E-state index is 12.4. The fourth-order valence-electron chi connectivity index (χ4n) is 2.40. The molecule has 1 aromatic heterocycles. The van der Waals surface area contributed by atoms with Gasteiger partial charge in [-0.15, -0.1) is 0 Å². The van der Waals surface area contributed by atoms with E-state index in [0.29, 0.717) is 12.5 Å². The number of nitrogens with one attached hydrogen (secondary N) is 1. The lowest BCUT2D eigenvalue weighted by molar-refractivity contribution is 0.180. The van der Waals surface area contributed by atoms with Crippen molar-refractivity contribution in [3.05, 3.63) is 23.8 Å². The minimum atomic E-state index is -0.0600. The fourth-order valence-corrected chi connectivity index (χ4v) is 2.40.